The number of hydrogen-bond donors (Lipinski definition) is 2. The van der Waals surface area contributed by atoms with Crippen molar-refractivity contribution in [2.45, 2.75) is 51.4 Å². The Bertz CT molecular complexity index is 1150. The van der Waals surface area contributed by atoms with Crippen molar-refractivity contribution in [3.63, 3.8) is 0 Å². The first-order valence-electron chi connectivity index (χ1n) is 11.4. The summed E-state index contributed by atoms with van der Waals surface area (Å²) in [6, 6.07) is 15.5. The third-order valence-corrected chi connectivity index (χ3v) is 5.48. The van der Waals surface area contributed by atoms with E-state index in [1.54, 1.807) is 24.4 Å². The Morgan fingerprint density at radius 3 is 2.51 bits per heavy atom. The van der Waals surface area contributed by atoms with Crippen molar-refractivity contribution >= 4 is 12.0 Å². The summed E-state index contributed by atoms with van der Waals surface area (Å²) in [7, 11) is 0. The van der Waals surface area contributed by atoms with Crippen molar-refractivity contribution in [3.8, 4) is 16.9 Å². The normalized spacial score (nSPS) is 13.2. The second-order valence-corrected chi connectivity index (χ2v) is 8.64. The van der Waals surface area contributed by atoms with E-state index in [1.165, 1.54) is 18.2 Å². The van der Waals surface area contributed by atoms with Gasteiger partial charge >= 0.3 is 0 Å². The zero-order chi connectivity index (χ0) is 25.4. The first-order valence-corrected chi connectivity index (χ1v) is 11.4. The summed E-state index contributed by atoms with van der Waals surface area (Å²) in [6.45, 7) is 4.35. The molecule has 35 heavy (non-hydrogen) atoms. The maximum atomic E-state index is 13.6. The van der Waals surface area contributed by atoms with Crippen LogP contribution in [0.5, 0.6) is 5.75 Å². The summed E-state index contributed by atoms with van der Waals surface area (Å²) in [6.07, 6.45) is 1.98. The van der Waals surface area contributed by atoms with Crippen LogP contribution in [0.4, 0.5) is 4.39 Å². The number of halogens is 1. The Morgan fingerprint density at radius 1 is 1.14 bits per heavy atom. The van der Waals surface area contributed by atoms with Gasteiger partial charge in [-0.25, -0.2) is 4.39 Å². The lowest BCUT2D eigenvalue weighted by Crippen LogP contribution is -2.29. The first-order chi connectivity index (χ1) is 16.7. The number of nitrogens with zero attached hydrogens (tertiary/aromatic N) is 1. The molecule has 2 atom stereocenters. The molecule has 0 aliphatic rings. The summed E-state index contributed by atoms with van der Waals surface area (Å²) in [5.41, 5.74) is 4.09. The number of aliphatic hydroxyl groups excluding tert-OH is 2. The zero-order valence-electron chi connectivity index (χ0n) is 19.7. The van der Waals surface area contributed by atoms with Gasteiger partial charge in [0.25, 0.3) is 0 Å². The van der Waals surface area contributed by atoms with E-state index in [0.29, 0.717) is 5.75 Å². The number of benzene rings is 2. The average molecular weight is 479 g/mol. The lowest BCUT2D eigenvalue weighted by molar-refractivity contribution is -0.307. The van der Waals surface area contributed by atoms with Crippen LogP contribution in [0.2, 0.25) is 0 Å². The molecule has 0 amide bonds. The molecule has 0 spiro atoms. The standard InChI is InChI=1S/C28H30FNO5/c1-18(2)26-15-24(35-17-21-5-3-4-12-30-21)16-27(19-6-8-20(29)9-7-19)25(26)11-10-22(31)13-23(32)14-28(33)34/h3-12,15-16,18,22-23,31-32H,13-14,17H2,1-2H3,(H,33,34)/p-1/b11-10+. The van der Waals surface area contributed by atoms with Gasteiger partial charge in [0.1, 0.15) is 18.2 Å². The fourth-order valence-corrected chi connectivity index (χ4v) is 3.74. The highest BCUT2D eigenvalue weighted by molar-refractivity contribution is 5.79. The fourth-order valence-electron chi connectivity index (χ4n) is 3.74. The molecule has 0 aliphatic carbocycles. The van der Waals surface area contributed by atoms with Crippen LogP contribution < -0.4 is 9.84 Å². The van der Waals surface area contributed by atoms with Crippen LogP contribution in [-0.2, 0) is 11.4 Å². The number of pyridine rings is 1. The maximum Gasteiger partial charge on any atom is 0.130 e. The molecule has 0 saturated heterocycles. The van der Waals surface area contributed by atoms with Gasteiger partial charge in [0.2, 0.25) is 0 Å². The largest absolute Gasteiger partial charge is 0.550 e. The Hall–Kier alpha value is -3.55. The number of carbonyl (C=O) groups is 1. The highest BCUT2D eigenvalue weighted by atomic mass is 19.1. The van der Waals surface area contributed by atoms with Crippen LogP contribution in [0.1, 0.15) is 49.4 Å². The number of ether oxygens (including phenoxy) is 1. The number of aliphatic hydroxyl groups is 2. The van der Waals surface area contributed by atoms with Gasteiger partial charge in [-0.15, -0.1) is 0 Å². The first kappa shape index (κ1) is 26.1. The van der Waals surface area contributed by atoms with Crippen LogP contribution in [-0.4, -0.2) is 33.4 Å². The van der Waals surface area contributed by atoms with E-state index >= 15 is 0 Å². The highest BCUT2D eigenvalue weighted by Crippen LogP contribution is 2.36. The lowest BCUT2D eigenvalue weighted by atomic mass is 9.89. The summed E-state index contributed by atoms with van der Waals surface area (Å²) in [4.78, 5) is 15.0. The number of aliphatic carboxylic acids is 1. The Balaban J connectivity index is 1.98. The van der Waals surface area contributed by atoms with Gasteiger partial charge in [-0.05, 0) is 64.6 Å². The molecule has 0 fully saturated rings. The molecule has 0 radical (unpaired) electrons. The van der Waals surface area contributed by atoms with E-state index in [4.69, 9.17) is 4.74 Å². The predicted molar refractivity (Wildman–Crippen MR) is 130 cm³/mol. The molecule has 2 unspecified atom stereocenters. The Kier molecular flexibility index (Phi) is 9.11. The zero-order valence-corrected chi connectivity index (χ0v) is 19.7. The molecule has 2 N–H and O–H groups in total. The van der Waals surface area contributed by atoms with Gasteiger partial charge < -0.3 is 24.9 Å². The van der Waals surface area contributed by atoms with Crippen molar-refractivity contribution in [3.05, 3.63) is 89.5 Å². The molecular formula is C28H29FNO5-. The summed E-state index contributed by atoms with van der Waals surface area (Å²) in [5, 5.41) is 30.8. The second-order valence-electron chi connectivity index (χ2n) is 8.64. The van der Waals surface area contributed by atoms with Crippen LogP contribution in [0.15, 0.2) is 66.9 Å². The smallest absolute Gasteiger partial charge is 0.130 e. The number of carboxylic acid groups (broad SMARTS) is 1. The summed E-state index contributed by atoms with van der Waals surface area (Å²) in [5.74, 6) is -1.01. The molecule has 3 aromatic rings. The van der Waals surface area contributed by atoms with Gasteiger partial charge in [-0.3, -0.25) is 4.98 Å². The van der Waals surface area contributed by atoms with E-state index in [2.05, 4.69) is 4.98 Å². The third kappa shape index (κ3) is 7.73. The minimum absolute atomic E-state index is 0.0908. The molecule has 2 aromatic carbocycles. The minimum Gasteiger partial charge on any atom is -0.550 e. The van der Waals surface area contributed by atoms with Crippen molar-refractivity contribution in [1.82, 2.24) is 4.98 Å². The fraction of sp³-hybridized carbons (Fsp3) is 0.286. The van der Waals surface area contributed by atoms with Crippen LogP contribution >= 0.6 is 0 Å². The van der Waals surface area contributed by atoms with Gasteiger partial charge in [0, 0.05) is 25.0 Å². The van der Waals surface area contributed by atoms with Crippen molar-refractivity contribution < 1.29 is 29.2 Å². The number of carbonyl (C=O) groups excluding carboxylic acids is 1. The molecule has 1 heterocycles. The van der Waals surface area contributed by atoms with Crippen LogP contribution in [0.25, 0.3) is 17.2 Å². The number of aromatic nitrogens is 1. The van der Waals surface area contributed by atoms with E-state index < -0.39 is 24.6 Å². The molecule has 3 rings (SSSR count). The maximum absolute atomic E-state index is 13.6. The van der Waals surface area contributed by atoms with Crippen LogP contribution in [0.3, 0.4) is 0 Å². The Labute approximate surface area is 204 Å². The molecular weight excluding hydrogens is 449 g/mol. The van der Waals surface area contributed by atoms with Gasteiger partial charge in [-0.1, -0.05) is 44.2 Å². The molecule has 0 bridgehead atoms. The highest BCUT2D eigenvalue weighted by Gasteiger charge is 2.16. The molecule has 0 aliphatic heterocycles. The molecule has 7 heteroatoms. The van der Waals surface area contributed by atoms with E-state index in [-0.39, 0.29) is 24.8 Å². The molecule has 1 aromatic heterocycles. The molecule has 184 valence electrons. The Morgan fingerprint density at radius 2 is 1.89 bits per heavy atom. The second kappa shape index (κ2) is 12.2. The number of hydrogen-bond acceptors (Lipinski definition) is 6. The van der Waals surface area contributed by atoms with E-state index in [9.17, 15) is 24.5 Å². The van der Waals surface area contributed by atoms with Crippen molar-refractivity contribution in [1.29, 1.82) is 0 Å². The monoisotopic (exact) mass is 478 g/mol. The number of rotatable bonds is 11. The topological polar surface area (TPSA) is 103 Å². The number of carboxylic acids is 1. The SMILES string of the molecule is CC(C)c1cc(OCc2ccccn2)cc(-c2ccc(F)cc2)c1/C=C/C(O)CC(O)CC(=O)[O-]. The van der Waals surface area contributed by atoms with Crippen LogP contribution in [0, 0.1) is 5.82 Å². The third-order valence-electron chi connectivity index (χ3n) is 5.48. The quantitative estimate of drug-likeness (QED) is 0.434. The van der Waals surface area contributed by atoms with Gasteiger partial charge in [0.15, 0.2) is 0 Å². The molecule has 0 saturated carbocycles. The summed E-state index contributed by atoms with van der Waals surface area (Å²) >= 11 is 0. The van der Waals surface area contributed by atoms with Crippen molar-refractivity contribution in [2.24, 2.45) is 0 Å². The van der Waals surface area contributed by atoms with Gasteiger partial charge in [0.05, 0.1) is 17.9 Å². The van der Waals surface area contributed by atoms with E-state index in [1.807, 2.05) is 44.2 Å². The minimum atomic E-state index is -1.38. The summed E-state index contributed by atoms with van der Waals surface area (Å²) < 4.78 is 19.6. The predicted octanol–water partition coefficient (Wildman–Crippen LogP) is 3.86. The van der Waals surface area contributed by atoms with E-state index in [0.717, 1.165) is 27.9 Å². The van der Waals surface area contributed by atoms with Crippen molar-refractivity contribution in [2.75, 3.05) is 0 Å². The lowest BCUT2D eigenvalue weighted by Gasteiger charge is -2.19. The average Bonchev–Trinajstić information content (AvgIpc) is 2.81. The van der Waals surface area contributed by atoms with Gasteiger partial charge in [-0.2, -0.15) is 0 Å². The molecule has 6 nitrogen and oxygen atoms in total.